The lowest BCUT2D eigenvalue weighted by Gasteiger charge is -2.11. The van der Waals surface area contributed by atoms with Crippen molar-refractivity contribution in [3.63, 3.8) is 0 Å². The zero-order valence-electron chi connectivity index (χ0n) is 16.3. The van der Waals surface area contributed by atoms with Crippen LogP contribution < -0.4 is 4.74 Å². The van der Waals surface area contributed by atoms with Gasteiger partial charge in [0.05, 0.1) is 11.0 Å². The predicted octanol–water partition coefficient (Wildman–Crippen LogP) is 6.27. The number of thiophene rings is 1. The summed E-state index contributed by atoms with van der Waals surface area (Å²) in [6.45, 7) is 0.451. The number of imidazole rings is 1. The number of H-pyrrole nitrogens is 1. The number of carbonyl (C=O) groups is 1. The molecule has 0 aliphatic carbocycles. The van der Waals surface area contributed by atoms with Crippen molar-refractivity contribution in [1.29, 1.82) is 0 Å². The number of fused-ring (bicyclic) bond motifs is 1. The number of carbonyl (C=O) groups excluding carboxylic acids is 1. The Morgan fingerprint density at radius 3 is 2.81 bits per heavy atom. The molecule has 0 aliphatic heterocycles. The van der Waals surface area contributed by atoms with Crippen LogP contribution in [0.4, 0.5) is 0 Å². The van der Waals surface area contributed by atoms with Gasteiger partial charge in [-0.05, 0) is 35.9 Å². The van der Waals surface area contributed by atoms with Crippen molar-refractivity contribution < 1.29 is 13.9 Å². The number of hydrogen-bond donors (Lipinski definition) is 1. The third-order valence-corrected chi connectivity index (χ3v) is 5.82. The molecule has 5 nitrogen and oxygen atoms in total. The molecule has 3 aromatic heterocycles. The van der Waals surface area contributed by atoms with Gasteiger partial charge in [-0.2, -0.15) is 0 Å². The van der Waals surface area contributed by atoms with Crippen LogP contribution in [0.5, 0.6) is 5.75 Å². The fourth-order valence-electron chi connectivity index (χ4n) is 3.32. The van der Waals surface area contributed by atoms with Gasteiger partial charge in [-0.15, -0.1) is 11.3 Å². The van der Waals surface area contributed by atoms with Gasteiger partial charge < -0.3 is 14.1 Å². The molecule has 0 radical (unpaired) electrons. The second-order valence-corrected chi connectivity index (χ2v) is 8.23. The molecular weight excluding hydrogens is 432 g/mol. The smallest absolute Gasteiger partial charge is 0.263 e. The fraction of sp³-hybridized carbons (Fsp3) is 0.0833. The van der Waals surface area contributed by atoms with E-state index in [1.807, 2.05) is 53.2 Å². The van der Waals surface area contributed by atoms with Gasteiger partial charge in [0.1, 0.15) is 18.1 Å². The highest BCUT2D eigenvalue weighted by atomic mass is 35.5. The number of hydrogen-bond acceptors (Lipinski definition) is 5. The van der Waals surface area contributed by atoms with Crippen LogP contribution in [0.2, 0.25) is 5.02 Å². The minimum Gasteiger partial charge on any atom is -0.489 e. The molecule has 5 rings (SSSR count). The summed E-state index contributed by atoms with van der Waals surface area (Å²) in [5.41, 5.74) is 3.58. The monoisotopic (exact) mass is 448 g/mol. The highest BCUT2D eigenvalue weighted by Crippen LogP contribution is 2.27. The number of ketones is 1. The average molecular weight is 449 g/mol. The number of rotatable bonds is 7. The lowest BCUT2D eigenvalue weighted by atomic mass is 10.1. The summed E-state index contributed by atoms with van der Waals surface area (Å²) in [6.07, 6.45) is 0.449. The van der Waals surface area contributed by atoms with Gasteiger partial charge in [0.15, 0.2) is 11.6 Å². The summed E-state index contributed by atoms with van der Waals surface area (Å²) in [4.78, 5) is 20.1. The largest absolute Gasteiger partial charge is 0.489 e. The zero-order chi connectivity index (χ0) is 21.2. The van der Waals surface area contributed by atoms with E-state index in [1.54, 1.807) is 18.2 Å². The highest BCUT2D eigenvalue weighted by molar-refractivity contribution is 7.09. The standard InChI is InChI=1S/C24H17ClN2O3S/c25-17-6-8-21(29-12-15-4-2-1-3-5-15)16(10-17)11-18-7-9-22(30-18)23(28)24-26-19-13-31-14-20(19)27-24/h1-10,13-14H,11-12H2,(H,26,27). The van der Waals surface area contributed by atoms with Crippen molar-refractivity contribution in [2.75, 3.05) is 0 Å². The maximum atomic E-state index is 12.7. The van der Waals surface area contributed by atoms with E-state index in [0.717, 1.165) is 27.9 Å². The first-order chi connectivity index (χ1) is 15.2. The molecule has 1 N–H and O–H groups in total. The van der Waals surface area contributed by atoms with Crippen LogP contribution in [-0.2, 0) is 13.0 Å². The number of aromatic nitrogens is 2. The number of furan rings is 1. The third kappa shape index (κ3) is 4.26. The van der Waals surface area contributed by atoms with Crippen LogP contribution in [0.15, 0.2) is 75.8 Å². The predicted molar refractivity (Wildman–Crippen MR) is 121 cm³/mol. The van der Waals surface area contributed by atoms with E-state index in [0.29, 0.717) is 23.8 Å². The molecule has 0 aliphatic rings. The van der Waals surface area contributed by atoms with Gasteiger partial charge in [0.25, 0.3) is 5.78 Å². The van der Waals surface area contributed by atoms with Gasteiger partial charge in [0.2, 0.25) is 0 Å². The first-order valence-corrected chi connectivity index (χ1v) is 11.0. The topological polar surface area (TPSA) is 68.1 Å². The van der Waals surface area contributed by atoms with E-state index in [9.17, 15) is 4.79 Å². The lowest BCUT2D eigenvalue weighted by molar-refractivity contribution is 0.0999. The molecule has 0 saturated carbocycles. The van der Waals surface area contributed by atoms with Crippen LogP contribution in [0, 0.1) is 0 Å². The molecule has 31 heavy (non-hydrogen) atoms. The van der Waals surface area contributed by atoms with E-state index in [4.69, 9.17) is 20.8 Å². The number of nitrogens with one attached hydrogen (secondary N) is 1. The van der Waals surface area contributed by atoms with Gasteiger partial charge in [-0.1, -0.05) is 41.9 Å². The molecule has 0 bridgehead atoms. The summed E-state index contributed by atoms with van der Waals surface area (Å²) in [5.74, 6) is 1.60. The average Bonchev–Trinajstić information content (AvgIpc) is 3.50. The molecule has 154 valence electrons. The molecule has 0 spiro atoms. The Morgan fingerprint density at radius 2 is 1.97 bits per heavy atom. The first-order valence-electron chi connectivity index (χ1n) is 9.66. The third-order valence-electron chi connectivity index (χ3n) is 4.85. The number of nitrogens with zero attached hydrogens (tertiary/aromatic N) is 1. The van der Waals surface area contributed by atoms with Crippen molar-refractivity contribution >= 4 is 39.8 Å². The van der Waals surface area contributed by atoms with E-state index < -0.39 is 0 Å². The van der Waals surface area contributed by atoms with E-state index in [-0.39, 0.29) is 17.4 Å². The van der Waals surface area contributed by atoms with Gasteiger partial charge in [-0.25, -0.2) is 4.98 Å². The number of aromatic amines is 1. The molecule has 7 heteroatoms. The zero-order valence-corrected chi connectivity index (χ0v) is 17.9. The Bertz CT molecular complexity index is 1330. The van der Waals surface area contributed by atoms with Crippen molar-refractivity contribution in [2.45, 2.75) is 13.0 Å². The fourth-order valence-corrected chi connectivity index (χ4v) is 4.20. The molecule has 0 amide bonds. The van der Waals surface area contributed by atoms with Crippen molar-refractivity contribution in [1.82, 2.24) is 9.97 Å². The second-order valence-electron chi connectivity index (χ2n) is 7.05. The van der Waals surface area contributed by atoms with E-state index in [2.05, 4.69) is 9.97 Å². The van der Waals surface area contributed by atoms with E-state index in [1.165, 1.54) is 11.3 Å². The molecule has 3 heterocycles. The SMILES string of the molecule is O=C(c1nc2cscc2[nH]1)c1ccc(Cc2cc(Cl)ccc2OCc2ccccc2)o1. The molecule has 2 aromatic carbocycles. The number of ether oxygens (including phenoxy) is 1. The van der Waals surface area contributed by atoms with Crippen molar-refractivity contribution in [2.24, 2.45) is 0 Å². The summed E-state index contributed by atoms with van der Waals surface area (Å²) < 4.78 is 11.8. The van der Waals surface area contributed by atoms with Crippen LogP contribution in [0.1, 0.15) is 33.3 Å². The Kier molecular flexibility index (Phi) is 5.32. The first kappa shape index (κ1) is 19.6. The minimum absolute atomic E-state index is 0.240. The highest BCUT2D eigenvalue weighted by Gasteiger charge is 2.19. The number of benzene rings is 2. The van der Waals surface area contributed by atoms with Crippen LogP contribution in [-0.4, -0.2) is 15.8 Å². The van der Waals surface area contributed by atoms with Crippen LogP contribution >= 0.6 is 22.9 Å². The lowest BCUT2D eigenvalue weighted by Crippen LogP contribution is -2.02. The Balaban J connectivity index is 1.34. The molecule has 0 unspecified atom stereocenters. The Hall–Kier alpha value is -3.35. The van der Waals surface area contributed by atoms with Gasteiger partial charge in [0, 0.05) is 27.8 Å². The summed E-state index contributed by atoms with van der Waals surface area (Å²) in [7, 11) is 0. The van der Waals surface area contributed by atoms with E-state index >= 15 is 0 Å². The summed E-state index contributed by atoms with van der Waals surface area (Å²) >= 11 is 7.75. The quantitative estimate of drug-likeness (QED) is 0.298. The molecule has 5 aromatic rings. The van der Waals surface area contributed by atoms with Crippen molar-refractivity contribution in [3.8, 4) is 5.75 Å². The van der Waals surface area contributed by atoms with Crippen molar-refractivity contribution in [3.05, 3.63) is 105 Å². The Labute approximate surface area is 187 Å². The normalized spacial score (nSPS) is 11.1. The molecule has 0 fully saturated rings. The molecule has 0 atom stereocenters. The summed E-state index contributed by atoms with van der Waals surface area (Å²) in [6, 6.07) is 18.9. The Morgan fingerprint density at radius 1 is 1.10 bits per heavy atom. The molecule has 0 saturated heterocycles. The van der Waals surface area contributed by atoms with Gasteiger partial charge >= 0.3 is 0 Å². The maximum Gasteiger partial charge on any atom is 0.263 e. The van der Waals surface area contributed by atoms with Crippen LogP contribution in [0.3, 0.4) is 0 Å². The second kappa shape index (κ2) is 8.41. The molecular formula is C24H17ClN2O3S. The van der Waals surface area contributed by atoms with Gasteiger partial charge in [-0.3, -0.25) is 4.79 Å². The van der Waals surface area contributed by atoms with Crippen LogP contribution in [0.25, 0.3) is 11.0 Å². The maximum absolute atomic E-state index is 12.7. The minimum atomic E-state index is -0.279. The number of halogens is 1. The summed E-state index contributed by atoms with van der Waals surface area (Å²) in [5, 5.41) is 4.43.